The van der Waals surface area contributed by atoms with Gasteiger partial charge in [0.25, 0.3) is 0 Å². The summed E-state index contributed by atoms with van der Waals surface area (Å²) in [6.07, 6.45) is 8.38. The minimum absolute atomic E-state index is 0.0259. The first-order valence-corrected chi connectivity index (χ1v) is 13.2. The van der Waals surface area contributed by atoms with E-state index in [0.29, 0.717) is 36.1 Å². The molecule has 190 valence electrons. The van der Waals surface area contributed by atoms with E-state index in [1.165, 1.54) is 12.0 Å². The fourth-order valence-corrected chi connectivity index (χ4v) is 5.81. The highest BCUT2D eigenvalue weighted by molar-refractivity contribution is 5.77. The predicted octanol–water partition coefficient (Wildman–Crippen LogP) is 5.36. The van der Waals surface area contributed by atoms with Crippen LogP contribution in [0.25, 0.3) is 0 Å². The number of amides is 1. The topological polar surface area (TPSA) is 102 Å². The fourth-order valence-electron chi connectivity index (χ4n) is 5.81. The largest absolute Gasteiger partial charge is 0.481 e. The molecule has 1 saturated heterocycles. The average Bonchev–Trinajstić information content (AvgIpc) is 3.50. The van der Waals surface area contributed by atoms with E-state index in [0.717, 1.165) is 69.1 Å². The predicted molar refractivity (Wildman–Crippen MR) is 129 cm³/mol. The van der Waals surface area contributed by atoms with E-state index in [2.05, 4.69) is 31.2 Å². The molecule has 1 aromatic heterocycles. The Bertz CT molecular complexity index is 842. The van der Waals surface area contributed by atoms with E-state index in [-0.39, 0.29) is 24.7 Å². The third-order valence-electron chi connectivity index (χ3n) is 7.73. The smallest absolute Gasteiger partial charge is 0.303 e. The first kappa shape index (κ1) is 25.2. The molecule has 2 heterocycles. The van der Waals surface area contributed by atoms with E-state index in [4.69, 9.17) is 9.26 Å². The Balaban J connectivity index is 1.43. The molecular weight excluding hydrogens is 432 g/mol. The van der Waals surface area contributed by atoms with E-state index >= 15 is 0 Å². The van der Waals surface area contributed by atoms with Crippen LogP contribution in [0.3, 0.4) is 0 Å². The molecule has 1 aliphatic heterocycles. The Kier molecular flexibility index (Phi) is 8.01. The molecule has 0 unspecified atom stereocenters. The molecule has 2 aliphatic carbocycles. The van der Waals surface area contributed by atoms with Crippen molar-refractivity contribution in [3.63, 3.8) is 0 Å². The van der Waals surface area contributed by atoms with Crippen LogP contribution >= 0.6 is 0 Å². The van der Waals surface area contributed by atoms with Gasteiger partial charge in [-0.15, -0.1) is 0 Å². The second-order valence-corrected chi connectivity index (χ2v) is 12.1. The van der Waals surface area contributed by atoms with Gasteiger partial charge in [-0.25, -0.2) is 0 Å². The number of hydrogen-bond acceptors (Lipinski definition) is 5. The van der Waals surface area contributed by atoms with Gasteiger partial charge in [-0.05, 0) is 74.5 Å². The number of aromatic nitrogens is 1. The lowest BCUT2D eigenvalue weighted by Gasteiger charge is -2.38. The van der Waals surface area contributed by atoms with Crippen LogP contribution in [0.5, 0.6) is 0 Å². The summed E-state index contributed by atoms with van der Waals surface area (Å²) in [6.45, 7) is 9.05. The normalized spacial score (nSPS) is 24.4. The maximum atomic E-state index is 12.8. The van der Waals surface area contributed by atoms with Crippen LogP contribution in [-0.2, 0) is 14.3 Å². The third-order valence-corrected chi connectivity index (χ3v) is 7.73. The summed E-state index contributed by atoms with van der Waals surface area (Å²) in [7, 11) is 0. The summed E-state index contributed by atoms with van der Waals surface area (Å²) in [5, 5.41) is 16.9. The Hall–Kier alpha value is -1.89. The van der Waals surface area contributed by atoms with Gasteiger partial charge in [0.1, 0.15) is 5.76 Å². The zero-order chi connectivity index (χ0) is 24.3. The Morgan fingerprint density at radius 2 is 1.79 bits per heavy atom. The summed E-state index contributed by atoms with van der Waals surface area (Å²) in [5.41, 5.74) is 2.38. The van der Waals surface area contributed by atoms with Gasteiger partial charge < -0.3 is 19.7 Å². The van der Waals surface area contributed by atoms with Gasteiger partial charge in [0, 0.05) is 50.0 Å². The second-order valence-electron chi connectivity index (χ2n) is 12.1. The van der Waals surface area contributed by atoms with Crippen LogP contribution in [0.2, 0.25) is 0 Å². The highest BCUT2D eigenvalue weighted by Crippen LogP contribution is 2.53. The molecule has 2 N–H and O–H groups in total. The summed E-state index contributed by atoms with van der Waals surface area (Å²) in [5.74, 6) is 1.98. The number of ether oxygens (including phenoxy) is 1. The van der Waals surface area contributed by atoms with Crippen molar-refractivity contribution in [2.75, 3.05) is 19.8 Å². The molecule has 2 saturated carbocycles. The van der Waals surface area contributed by atoms with E-state index in [1.807, 2.05) is 0 Å². The Labute approximate surface area is 203 Å². The van der Waals surface area contributed by atoms with E-state index in [1.54, 1.807) is 0 Å². The standard InChI is InChI=1S/C27H42N2O5/c1-27(2,3)15-18-12-21(13-18)26-24(19-4-5-19)25(29-34-26)20(6-7-23(31)32)14-22(30)28-16-17-8-10-33-11-9-17/h17-21H,4-16H2,1-3H3,(H,28,30)(H,31,32)/t18?,20-,21?/m0/s1. The number of hydrogen-bond donors (Lipinski definition) is 2. The van der Waals surface area contributed by atoms with E-state index in [9.17, 15) is 14.7 Å². The van der Waals surface area contributed by atoms with Crippen molar-refractivity contribution >= 4 is 11.9 Å². The minimum atomic E-state index is -0.840. The van der Waals surface area contributed by atoms with Gasteiger partial charge in [-0.1, -0.05) is 25.9 Å². The molecule has 1 aromatic rings. The molecule has 34 heavy (non-hydrogen) atoms. The molecule has 0 aromatic carbocycles. The molecule has 0 spiro atoms. The van der Waals surface area contributed by atoms with Gasteiger partial charge in [0.15, 0.2) is 0 Å². The zero-order valence-electron chi connectivity index (χ0n) is 21.1. The maximum Gasteiger partial charge on any atom is 0.303 e. The maximum absolute atomic E-state index is 12.8. The molecule has 1 amide bonds. The van der Waals surface area contributed by atoms with Gasteiger partial charge in [0.2, 0.25) is 5.91 Å². The highest BCUT2D eigenvalue weighted by atomic mass is 16.5. The monoisotopic (exact) mass is 474 g/mol. The third kappa shape index (κ3) is 6.83. The first-order valence-electron chi connectivity index (χ1n) is 13.2. The van der Waals surface area contributed by atoms with Crippen molar-refractivity contribution in [1.82, 2.24) is 10.5 Å². The number of carbonyl (C=O) groups is 2. The Morgan fingerprint density at radius 3 is 2.41 bits per heavy atom. The number of carboxylic acids is 1. The molecule has 0 bridgehead atoms. The molecule has 0 radical (unpaired) electrons. The lowest BCUT2D eigenvalue weighted by molar-refractivity contribution is -0.137. The number of aliphatic carboxylic acids is 1. The van der Waals surface area contributed by atoms with Crippen LogP contribution in [0.15, 0.2) is 4.52 Å². The summed E-state index contributed by atoms with van der Waals surface area (Å²) in [6, 6.07) is 0. The van der Waals surface area contributed by atoms with Gasteiger partial charge in [-0.3, -0.25) is 9.59 Å². The average molecular weight is 475 g/mol. The van der Waals surface area contributed by atoms with Crippen molar-refractivity contribution in [3.05, 3.63) is 17.0 Å². The minimum Gasteiger partial charge on any atom is -0.481 e. The summed E-state index contributed by atoms with van der Waals surface area (Å²) in [4.78, 5) is 24.2. The first-order chi connectivity index (χ1) is 16.2. The van der Waals surface area contributed by atoms with Crippen LogP contribution < -0.4 is 5.32 Å². The summed E-state index contributed by atoms with van der Waals surface area (Å²) >= 11 is 0. The van der Waals surface area contributed by atoms with Crippen molar-refractivity contribution in [3.8, 4) is 0 Å². The molecule has 3 aliphatic rings. The number of nitrogens with one attached hydrogen (secondary N) is 1. The van der Waals surface area contributed by atoms with Gasteiger partial charge >= 0.3 is 5.97 Å². The highest BCUT2D eigenvalue weighted by Gasteiger charge is 2.42. The number of nitrogens with zero attached hydrogens (tertiary/aromatic N) is 1. The van der Waals surface area contributed by atoms with Crippen LogP contribution in [-0.4, -0.2) is 41.9 Å². The van der Waals surface area contributed by atoms with Crippen LogP contribution in [0.4, 0.5) is 0 Å². The zero-order valence-corrected chi connectivity index (χ0v) is 21.1. The lowest BCUT2D eigenvalue weighted by Crippen LogP contribution is -2.33. The van der Waals surface area contributed by atoms with E-state index < -0.39 is 5.97 Å². The van der Waals surface area contributed by atoms with Crippen LogP contribution in [0, 0.1) is 17.3 Å². The Morgan fingerprint density at radius 1 is 1.09 bits per heavy atom. The lowest BCUT2D eigenvalue weighted by atomic mass is 9.66. The molecule has 4 rings (SSSR count). The van der Waals surface area contributed by atoms with Crippen molar-refractivity contribution in [2.45, 2.75) is 103 Å². The summed E-state index contributed by atoms with van der Waals surface area (Å²) < 4.78 is 11.4. The van der Waals surface area contributed by atoms with Crippen molar-refractivity contribution in [1.29, 1.82) is 0 Å². The molecule has 3 fully saturated rings. The fraction of sp³-hybridized carbons (Fsp3) is 0.815. The second kappa shape index (κ2) is 10.8. The molecule has 1 atom stereocenters. The number of rotatable bonds is 11. The van der Waals surface area contributed by atoms with Crippen molar-refractivity contribution in [2.24, 2.45) is 17.3 Å². The van der Waals surface area contributed by atoms with Crippen LogP contribution in [0.1, 0.15) is 120 Å². The molecular formula is C27H42N2O5. The van der Waals surface area contributed by atoms with Gasteiger partial charge in [-0.2, -0.15) is 0 Å². The SMILES string of the molecule is CC(C)(C)CC1CC(c2onc([C@@H](CCC(=O)O)CC(=O)NCC3CCOCC3)c2C2CC2)C1. The molecule has 7 heteroatoms. The number of carbonyl (C=O) groups excluding carboxylic acids is 1. The number of carboxylic acid groups (broad SMARTS) is 1. The quantitative estimate of drug-likeness (QED) is 0.447. The van der Waals surface area contributed by atoms with Crippen molar-refractivity contribution < 1.29 is 24.0 Å². The molecule has 7 nitrogen and oxygen atoms in total. The van der Waals surface area contributed by atoms with Gasteiger partial charge in [0.05, 0.1) is 5.69 Å².